The SMILES string of the molecule is COc1ccc(C(=O)N2CCN(c3cc(Cl)ccc3C)CC2)cc1CSc1ccc(C)cc1. The number of methoxy groups -OCH3 is 1. The molecule has 1 fully saturated rings. The molecule has 4 nitrogen and oxygen atoms in total. The van der Waals surface area contributed by atoms with Crippen LogP contribution in [0.15, 0.2) is 65.6 Å². The third-order valence-corrected chi connectivity index (χ3v) is 7.32. The second kappa shape index (κ2) is 10.5. The Balaban J connectivity index is 1.43. The third kappa shape index (κ3) is 5.66. The van der Waals surface area contributed by atoms with Crippen molar-refractivity contribution in [2.75, 3.05) is 38.2 Å². The van der Waals surface area contributed by atoms with Crippen molar-refractivity contribution in [1.29, 1.82) is 0 Å². The molecule has 1 saturated heterocycles. The molecule has 0 spiro atoms. The molecule has 0 unspecified atom stereocenters. The molecule has 1 aliphatic rings. The Morgan fingerprint density at radius 2 is 1.70 bits per heavy atom. The number of benzene rings is 3. The second-order valence-corrected chi connectivity index (χ2v) is 9.82. The van der Waals surface area contributed by atoms with Gasteiger partial charge in [0.05, 0.1) is 7.11 Å². The van der Waals surface area contributed by atoms with Gasteiger partial charge in [0, 0.05) is 58.7 Å². The summed E-state index contributed by atoms with van der Waals surface area (Å²) in [5.41, 5.74) is 5.33. The first-order chi connectivity index (χ1) is 15.9. The fourth-order valence-electron chi connectivity index (χ4n) is 4.08. The van der Waals surface area contributed by atoms with Crippen LogP contribution in [-0.2, 0) is 5.75 Å². The van der Waals surface area contributed by atoms with E-state index in [4.69, 9.17) is 16.3 Å². The van der Waals surface area contributed by atoms with E-state index < -0.39 is 0 Å². The van der Waals surface area contributed by atoms with Gasteiger partial charge >= 0.3 is 0 Å². The average Bonchev–Trinajstić information content (AvgIpc) is 2.84. The molecular weight excluding hydrogens is 452 g/mol. The van der Waals surface area contributed by atoms with Gasteiger partial charge in [-0.3, -0.25) is 4.79 Å². The molecule has 4 rings (SSSR count). The second-order valence-electron chi connectivity index (χ2n) is 8.34. The van der Waals surface area contributed by atoms with Crippen LogP contribution in [0.1, 0.15) is 27.0 Å². The Labute approximate surface area is 205 Å². The number of carbonyl (C=O) groups is 1. The standard InChI is InChI=1S/C27H29ClN2O2S/c1-19-4-9-24(10-5-19)33-18-22-16-21(7-11-26(22)32-3)27(31)30-14-12-29(13-15-30)25-17-23(28)8-6-20(25)2/h4-11,16-17H,12-15,18H2,1-3H3. The van der Waals surface area contributed by atoms with Crippen LogP contribution < -0.4 is 9.64 Å². The summed E-state index contributed by atoms with van der Waals surface area (Å²) in [5.74, 6) is 1.63. The Kier molecular flexibility index (Phi) is 7.51. The van der Waals surface area contributed by atoms with Crippen molar-refractivity contribution in [3.8, 4) is 5.75 Å². The van der Waals surface area contributed by atoms with Crippen molar-refractivity contribution in [2.24, 2.45) is 0 Å². The number of ether oxygens (including phenoxy) is 1. The smallest absolute Gasteiger partial charge is 0.253 e. The largest absolute Gasteiger partial charge is 0.496 e. The lowest BCUT2D eigenvalue weighted by Gasteiger charge is -2.37. The van der Waals surface area contributed by atoms with Gasteiger partial charge in [-0.1, -0.05) is 35.4 Å². The van der Waals surface area contributed by atoms with E-state index in [9.17, 15) is 4.79 Å². The molecule has 1 heterocycles. The quantitative estimate of drug-likeness (QED) is 0.392. The topological polar surface area (TPSA) is 32.8 Å². The highest BCUT2D eigenvalue weighted by atomic mass is 35.5. The number of aryl methyl sites for hydroxylation is 2. The van der Waals surface area contributed by atoms with Crippen molar-refractivity contribution >= 4 is 35.0 Å². The highest BCUT2D eigenvalue weighted by molar-refractivity contribution is 7.98. The van der Waals surface area contributed by atoms with Crippen molar-refractivity contribution in [3.63, 3.8) is 0 Å². The van der Waals surface area contributed by atoms with Crippen LogP contribution in [0.5, 0.6) is 5.75 Å². The van der Waals surface area contributed by atoms with Crippen molar-refractivity contribution in [1.82, 2.24) is 4.90 Å². The molecule has 0 saturated carbocycles. The summed E-state index contributed by atoms with van der Waals surface area (Å²) in [6, 6.07) is 20.2. The number of halogens is 1. The lowest BCUT2D eigenvalue weighted by molar-refractivity contribution is 0.0746. The molecule has 0 N–H and O–H groups in total. The molecular formula is C27H29ClN2O2S. The number of anilines is 1. The average molecular weight is 481 g/mol. The molecule has 3 aromatic rings. The van der Waals surface area contributed by atoms with Gasteiger partial charge in [0.1, 0.15) is 5.75 Å². The molecule has 0 aromatic heterocycles. The number of amides is 1. The number of thioether (sulfide) groups is 1. The predicted molar refractivity (Wildman–Crippen MR) is 138 cm³/mol. The van der Waals surface area contributed by atoms with Gasteiger partial charge in [-0.2, -0.15) is 0 Å². The van der Waals surface area contributed by atoms with E-state index in [1.54, 1.807) is 18.9 Å². The molecule has 1 aliphatic heterocycles. The first-order valence-corrected chi connectivity index (χ1v) is 12.5. The number of carbonyl (C=O) groups excluding carboxylic acids is 1. The van der Waals surface area contributed by atoms with Gasteiger partial charge in [0.2, 0.25) is 0 Å². The maximum atomic E-state index is 13.3. The van der Waals surface area contributed by atoms with Crippen LogP contribution in [0.2, 0.25) is 5.02 Å². The number of hydrogen-bond acceptors (Lipinski definition) is 4. The molecule has 3 aromatic carbocycles. The lowest BCUT2D eigenvalue weighted by Crippen LogP contribution is -2.49. The Bertz CT molecular complexity index is 1130. The van der Waals surface area contributed by atoms with Gasteiger partial charge in [0.25, 0.3) is 5.91 Å². The fraction of sp³-hybridized carbons (Fsp3) is 0.296. The minimum absolute atomic E-state index is 0.0710. The van der Waals surface area contributed by atoms with Crippen LogP contribution in [0, 0.1) is 13.8 Å². The Morgan fingerprint density at radius 3 is 2.39 bits per heavy atom. The third-order valence-electron chi connectivity index (χ3n) is 6.02. The van der Waals surface area contributed by atoms with E-state index in [-0.39, 0.29) is 5.91 Å². The monoisotopic (exact) mass is 480 g/mol. The highest BCUT2D eigenvalue weighted by Crippen LogP contribution is 2.30. The van der Waals surface area contributed by atoms with Crippen LogP contribution in [0.25, 0.3) is 0 Å². The summed E-state index contributed by atoms with van der Waals surface area (Å²) in [7, 11) is 1.67. The molecule has 172 valence electrons. The summed E-state index contributed by atoms with van der Waals surface area (Å²) in [6.45, 7) is 7.13. The van der Waals surface area contributed by atoms with Gasteiger partial charge in [-0.25, -0.2) is 0 Å². The molecule has 0 aliphatic carbocycles. The molecule has 1 amide bonds. The minimum atomic E-state index is 0.0710. The number of piperazine rings is 1. The first kappa shape index (κ1) is 23.5. The number of nitrogens with zero attached hydrogens (tertiary/aromatic N) is 2. The molecule has 6 heteroatoms. The number of hydrogen-bond donors (Lipinski definition) is 0. The molecule has 33 heavy (non-hydrogen) atoms. The van der Waals surface area contributed by atoms with E-state index in [0.717, 1.165) is 40.9 Å². The zero-order valence-corrected chi connectivity index (χ0v) is 20.9. The Hall–Kier alpha value is -2.63. The van der Waals surface area contributed by atoms with Gasteiger partial charge < -0.3 is 14.5 Å². The summed E-state index contributed by atoms with van der Waals surface area (Å²) >= 11 is 7.95. The summed E-state index contributed by atoms with van der Waals surface area (Å²) in [5, 5.41) is 0.739. The van der Waals surface area contributed by atoms with Crippen molar-refractivity contribution in [2.45, 2.75) is 24.5 Å². The lowest BCUT2D eigenvalue weighted by atomic mass is 10.1. The summed E-state index contributed by atoms with van der Waals surface area (Å²) in [4.78, 5) is 18.7. The van der Waals surface area contributed by atoms with E-state index in [0.29, 0.717) is 18.7 Å². The molecule has 0 radical (unpaired) electrons. The summed E-state index contributed by atoms with van der Waals surface area (Å²) in [6.07, 6.45) is 0. The molecule has 0 atom stereocenters. The zero-order chi connectivity index (χ0) is 23.4. The van der Waals surface area contributed by atoms with E-state index in [1.807, 2.05) is 41.3 Å². The van der Waals surface area contributed by atoms with Gasteiger partial charge in [0.15, 0.2) is 0 Å². The highest BCUT2D eigenvalue weighted by Gasteiger charge is 2.24. The van der Waals surface area contributed by atoms with E-state index in [2.05, 4.69) is 43.0 Å². The van der Waals surface area contributed by atoms with Crippen LogP contribution in [0.3, 0.4) is 0 Å². The van der Waals surface area contributed by atoms with Gasteiger partial charge in [-0.05, 0) is 61.9 Å². The van der Waals surface area contributed by atoms with E-state index >= 15 is 0 Å². The van der Waals surface area contributed by atoms with Gasteiger partial charge in [-0.15, -0.1) is 11.8 Å². The first-order valence-electron chi connectivity index (χ1n) is 11.1. The van der Waals surface area contributed by atoms with Crippen LogP contribution in [0.4, 0.5) is 5.69 Å². The Morgan fingerprint density at radius 1 is 0.970 bits per heavy atom. The number of rotatable bonds is 6. The van der Waals surface area contributed by atoms with Crippen molar-refractivity contribution in [3.05, 3.63) is 87.9 Å². The molecule has 0 bridgehead atoms. The van der Waals surface area contributed by atoms with E-state index in [1.165, 1.54) is 16.0 Å². The normalized spacial score (nSPS) is 13.8. The predicted octanol–water partition coefficient (Wildman–Crippen LogP) is 6.22. The maximum absolute atomic E-state index is 13.3. The fourth-order valence-corrected chi connectivity index (χ4v) is 5.12. The van der Waals surface area contributed by atoms with Crippen LogP contribution >= 0.6 is 23.4 Å². The zero-order valence-electron chi connectivity index (χ0n) is 19.3. The summed E-state index contributed by atoms with van der Waals surface area (Å²) < 4.78 is 5.56. The van der Waals surface area contributed by atoms with Crippen LogP contribution in [-0.4, -0.2) is 44.1 Å². The maximum Gasteiger partial charge on any atom is 0.253 e. The van der Waals surface area contributed by atoms with Crippen molar-refractivity contribution < 1.29 is 9.53 Å². The minimum Gasteiger partial charge on any atom is -0.496 e.